The van der Waals surface area contributed by atoms with Crippen LogP contribution in [0.2, 0.25) is 0 Å². The van der Waals surface area contributed by atoms with E-state index in [1.807, 2.05) is 0 Å². The van der Waals surface area contributed by atoms with Crippen LogP contribution in [0, 0.1) is 0 Å². The summed E-state index contributed by atoms with van der Waals surface area (Å²) in [4.78, 5) is 22.8. The number of benzene rings is 1. The Morgan fingerprint density at radius 1 is 1.29 bits per heavy atom. The molecule has 0 spiro atoms. The van der Waals surface area contributed by atoms with Crippen LogP contribution in [0.15, 0.2) is 29.2 Å². The Balaban J connectivity index is 2.06. The van der Waals surface area contributed by atoms with Gasteiger partial charge in [-0.3, -0.25) is 4.79 Å². The molecule has 114 valence electrons. The summed E-state index contributed by atoms with van der Waals surface area (Å²) in [5, 5.41) is 11.3. The third-order valence-electron chi connectivity index (χ3n) is 3.12. The first-order chi connectivity index (χ1) is 9.77. The monoisotopic (exact) mass is 313 g/mol. The van der Waals surface area contributed by atoms with Crippen molar-refractivity contribution in [1.29, 1.82) is 0 Å². The molecule has 1 aromatic carbocycles. The van der Waals surface area contributed by atoms with Crippen LogP contribution in [0.3, 0.4) is 0 Å². The third kappa shape index (κ3) is 3.79. The molecule has 2 rings (SSSR count). The van der Waals surface area contributed by atoms with Crippen molar-refractivity contribution in [3.05, 3.63) is 24.3 Å². The zero-order valence-corrected chi connectivity index (χ0v) is 12.1. The Hall–Kier alpha value is -1.93. The predicted octanol–water partition coefficient (Wildman–Crippen LogP) is 0.661. The number of sulfone groups is 1. The van der Waals surface area contributed by atoms with Gasteiger partial charge in [0.1, 0.15) is 6.10 Å². The van der Waals surface area contributed by atoms with Crippen LogP contribution in [0.5, 0.6) is 0 Å². The molecule has 1 fully saturated rings. The predicted molar refractivity (Wildman–Crippen MR) is 73.7 cm³/mol. The number of anilines is 1. The van der Waals surface area contributed by atoms with Crippen LogP contribution in [0.25, 0.3) is 0 Å². The van der Waals surface area contributed by atoms with Crippen molar-refractivity contribution in [1.82, 2.24) is 0 Å². The quantitative estimate of drug-likeness (QED) is 0.845. The largest absolute Gasteiger partial charge is 0.479 e. The fraction of sp³-hybridized carbons (Fsp3) is 0.385. The summed E-state index contributed by atoms with van der Waals surface area (Å²) in [5.41, 5.74) is 0.324. The van der Waals surface area contributed by atoms with Crippen molar-refractivity contribution < 1.29 is 27.9 Å². The maximum absolute atomic E-state index is 12.0. The van der Waals surface area contributed by atoms with Crippen molar-refractivity contribution in [3.8, 4) is 0 Å². The fourth-order valence-electron chi connectivity index (χ4n) is 2.04. The first kappa shape index (κ1) is 15.5. The van der Waals surface area contributed by atoms with Crippen LogP contribution in [0.1, 0.15) is 12.8 Å². The Morgan fingerprint density at radius 3 is 2.52 bits per heavy atom. The van der Waals surface area contributed by atoms with E-state index in [0.717, 1.165) is 6.26 Å². The summed E-state index contributed by atoms with van der Waals surface area (Å²) in [5.74, 6) is -1.58. The number of carboxylic acid groups (broad SMARTS) is 1. The molecule has 0 aliphatic carbocycles. The van der Waals surface area contributed by atoms with Crippen molar-refractivity contribution in [2.45, 2.75) is 29.9 Å². The first-order valence-corrected chi connectivity index (χ1v) is 8.16. The lowest BCUT2D eigenvalue weighted by Gasteiger charge is -2.12. The lowest BCUT2D eigenvalue weighted by Crippen LogP contribution is -2.29. The van der Waals surface area contributed by atoms with E-state index in [0.29, 0.717) is 12.1 Å². The van der Waals surface area contributed by atoms with Crippen LogP contribution in [-0.2, 0) is 24.2 Å². The van der Waals surface area contributed by atoms with Gasteiger partial charge in [-0.15, -0.1) is 0 Å². The molecule has 2 N–H and O–H groups in total. The van der Waals surface area contributed by atoms with Gasteiger partial charge in [0.2, 0.25) is 0 Å². The molecular weight excluding hydrogens is 298 g/mol. The molecule has 0 radical (unpaired) electrons. The zero-order chi connectivity index (χ0) is 15.6. The van der Waals surface area contributed by atoms with Gasteiger partial charge in [0.15, 0.2) is 15.9 Å². The molecule has 1 aliphatic heterocycles. The Kier molecular flexibility index (Phi) is 4.29. The zero-order valence-electron chi connectivity index (χ0n) is 11.3. The van der Waals surface area contributed by atoms with Gasteiger partial charge < -0.3 is 15.2 Å². The summed E-state index contributed by atoms with van der Waals surface area (Å²) in [7, 11) is -3.36. The average molecular weight is 313 g/mol. The normalized spacial score (nSPS) is 22.0. The Morgan fingerprint density at radius 2 is 1.95 bits per heavy atom. The molecule has 7 nitrogen and oxygen atoms in total. The van der Waals surface area contributed by atoms with Crippen LogP contribution in [-0.4, -0.2) is 43.9 Å². The lowest BCUT2D eigenvalue weighted by molar-refractivity contribution is -0.150. The van der Waals surface area contributed by atoms with Crippen molar-refractivity contribution in [2.75, 3.05) is 11.6 Å². The van der Waals surface area contributed by atoms with E-state index in [2.05, 4.69) is 5.32 Å². The maximum Gasteiger partial charge on any atom is 0.332 e. The molecule has 1 amide bonds. The highest BCUT2D eigenvalue weighted by molar-refractivity contribution is 7.90. The highest BCUT2D eigenvalue weighted by Crippen LogP contribution is 2.22. The van der Waals surface area contributed by atoms with Crippen molar-refractivity contribution >= 4 is 27.4 Å². The number of ether oxygens (including phenoxy) is 1. The molecule has 0 aromatic heterocycles. The minimum absolute atomic E-state index is 0.0936. The van der Waals surface area contributed by atoms with Crippen LogP contribution < -0.4 is 5.32 Å². The highest BCUT2D eigenvalue weighted by Gasteiger charge is 2.34. The number of carbonyl (C=O) groups excluding carboxylic acids is 1. The third-order valence-corrected chi connectivity index (χ3v) is 4.23. The molecule has 0 unspecified atom stereocenters. The molecule has 1 aliphatic rings. The molecule has 1 aromatic rings. The van der Waals surface area contributed by atoms with Gasteiger partial charge in [-0.05, 0) is 31.0 Å². The number of hydrogen-bond acceptors (Lipinski definition) is 5. The van der Waals surface area contributed by atoms with E-state index in [9.17, 15) is 18.0 Å². The van der Waals surface area contributed by atoms with Gasteiger partial charge in [-0.1, -0.05) is 6.07 Å². The van der Waals surface area contributed by atoms with Gasteiger partial charge in [0.25, 0.3) is 5.91 Å². The topological polar surface area (TPSA) is 110 Å². The molecule has 2 atom stereocenters. The summed E-state index contributed by atoms with van der Waals surface area (Å²) in [6, 6.07) is 5.84. The summed E-state index contributed by atoms with van der Waals surface area (Å²) >= 11 is 0. The Labute approximate surface area is 121 Å². The van der Waals surface area contributed by atoms with Crippen LogP contribution >= 0.6 is 0 Å². The summed E-state index contributed by atoms with van der Waals surface area (Å²) in [6.07, 6.45) is -0.146. The van der Waals surface area contributed by atoms with E-state index in [1.54, 1.807) is 6.07 Å². The first-order valence-electron chi connectivity index (χ1n) is 6.26. The van der Waals surface area contributed by atoms with E-state index in [1.165, 1.54) is 18.2 Å². The Bertz CT molecular complexity index is 669. The van der Waals surface area contributed by atoms with E-state index < -0.39 is 33.9 Å². The van der Waals surface area contributed by atoms with Gasteiger partial charge in [0.05, 0.1) is 4.90 Å². The summed E-state index contributed by atoms with van der Waals surface area (Å²) < 4.78 is 28.0. The van der Waals surface area contributed by atoms with E-state index >= 15 is 0 Å². The number of rotatable bonds is 4. The van der Waals surface area contributed by atoms with E-state index in [4.69, 9.17) is 9.84 Å². The van der Waals surface area contributed by atoms with Crippen molar-refractivity contribution in [3.63, 3.8) is 0 Å². The van der Waals surface area contributed by atoms with Gasteiger partial charge in [-0.2, -0.15) is 0 Å². The second-order valence-corrected chi connectivity index (χ2v) is 6.83. The van der Waals surface area contributed by atoms with Gasteiger partial charge >= 0.3 is 5.97 Å². The second-order valence-electron chi connectivity index (χ2n) is 4.82. The second kappa shape index (κ2) is 5.82. The molecule has 0 saturated carbocycles. The number of nitrogens with one attached hydrogen (secondary N) is 1. The number of hydrogen-bond donors (Lipinski definition) is 2. The van der Waals surface area contributed by atoms with Gasteiger partial charge in [-0.25, -0.2) is 13.2 Å². The standard InChI is InChI=1S/C13H15NO6S/c1-21(18,19)9-4-2-3-8(7-9)14-12(15)10-5-6-11(20-10)13(16)17/h2-4,7,10-11H,5-6H2,1H3,(H,14,15)(H,16,17)/t10-,11+/m0/s1. The fourth-order valence-corrected chi connectivity index (χ4v) is 2.71. The smallest absolute Gasteiger partial charge is 0.332 e. The molecule has 8 heteroatoms. The van der Waals surface area contributed by atoms with Crippen LogP contribution in [0.4, 0.5) is 5.69 Å². The highest BCUT2D eigenvalue weighted by atomic mass is 32.2. The molecule has 1 saturated heterocycles. The van der Waals surface area contributed by atoms with E-state index in [-0.39, 0.29) is 11.3 Å². The van der Waals surface area contributed by atoms with Gasteiger partial charge in [0, 0.05) is 11.9 Å². The van der Waals surface area contributed by atoms with Crippen molar-refractivity contribution in [2.24, 2.45) is 0 Å². The molecule has 0 bridgehead atoms. The number of amides is 1. The summed E-state index contributed by atoms with van der Waals surface area (Å²) in [6.45, 7) is 0. The molecule has 21 heavy (non-hydrogen) atoms. The average Bonchev–Trinajstić information content (AvgIpc) is 2.88. The SMILES string of the molecule is CS(=O)(=O)c1cccc(NC(=O)[C@@H]2CC[C@H](C(=O)O)O2)c1. The lowest BCUT2D eigenvalue weighted by atomic mass is 10.2. The number of aliphatic carboxylic acids is 1. The molecular formula is C13H15NO6S. The minimum Gasteiger partial charge on any atom is -0.479 e. The maximum atomic E-state index is 12.0. The molecule has 1 heterocycles. The minimum atomic E-state index is -3.36. The number of carbonyl (C=O) groups is 2. The number of carboxylic acids is 1.